The fourth-order valence-corrected chi connectivity index (χ4v) is 3.96. The first kappa shape index (κ1) is 18.4. The third-order valence-electron chi connectivity index (χ3n) is 4.08. The van der Waals surface area contributed by atoms with Gasteiger partial charge in [-0.25, -0.2) is 13.1 Å². The topological polar surface area (TPSA) is 46.2 Å². The number of benzene rings is 3. The van der Waals surface area contributed by atoms with Crippen LogP contribution in [0.2, 0.25) is 0 Å². The van der Waals surface area contributed by atoms with Crippen molar-refractivity contribution in [1.82, 2.24) is 4.72 Å². The number of nitrogens with one attached hydrogen (secondary N) is 1. The van der Waals surface area contributed by atoms with Crippen molar-refractivity contribution in [2.45, 2.75) is 24.0 Å². The highest BCUT2D eigenvalue weighted by Crippen LogP contribution is 2.31. The SMILES string of the molecule is C[C@H](NS(=O)(=O)c1cccc(C(F)(F)F)c1)c1ccc2ccccc2c1. The zero-order valence-electron chi connectivity index (χ0n) is 13.8. The van der Waals surface area contributed by atoms with Gasteiger partial charge in [0.15, 0.2) is 0 Å². The molecule has 3 aromatic rings. The van der Waals surface area contributed by atoms with E-state index in [4.69, 9.17) is 0 Å². The zero-order valence-corrected chi connectivity index (χ0v) is 14.6. The van der Waals surface area contributed by atoms with Crippen LogP contribution in [0.4, 0.5) is 13.2 Å². The van der Waals surface area contributed by atoms with Crippen molar-refractivity contribution < 1.29 is 21.6 Å². The Labute approximate surface area is 149 Å². The molecule has 7 heteroatoms. The van der Waals surface area contributed by atoms with E-state index in [-0.39, 0.29) is 0 Å². The minimum Gasteiger partial charge on any atom is -0.207 e. The van der Waals surface area contributed by atoms with E-state index in [1.54, 1.807) is 13.0 Å². The number of hydrogen-bond acceptors (Lipinski definition) is 2. The molecule has 0 saturated heterocycles. The molecule has 0 spiro atoms. The fraction of sp³-hybridized carbons (Fsp3) is 0.158. The van der Waals surface area contributed by atoms with Gasteiger partial charge in [0.1, 0.15) is 0 Å². The summed E-state index contributed by atoms with van der Waals surface area (Å²) in [7, 11) is -4.09. The number of fused-ring (bicyclic) bond motifs is 1. The first-order valence-corrected chi connectivity index (χ1v) is 9.33. The molecule has 0 unspecified atom stereocenters. The van der Waals surface area contributed by atoms with Crippen LogP contribution >= 0.6 is 0 Å². The third kappa shape index (κ3) is 3.89. The maximum Gasteiger partial charge on any atom is 0.416 e. The van der Waals surface area contributed by atoms with Crippen molar-refractivity contribution in [3.63, 3.8) is 0 Å². The Morgan fingerprint density at radius 1 is 0.885 bits per heavy atom. The van der Waals surface area contributed by atoms with Gasteiger partial charge in [-0.05, 0) is 47.5 Å². The second-order valence-corrected chi connectivity index (χ2v) is 7.69. The molecule has 1 N–H and O–H groups in total. The van der Waals surface area contributed by atoms with Gasteiger partial charge in [0, 0.05) is 6.04 Å². The molecule has 3 aromatic carbocycles. The molecule has 0 amide bonds. The predicted octanol–water partition coefficient (Wildman–Crippen LogP) is 4.90. The van der Waals surface area contributed by atoms with Gasteiger partial charge < -0.3 is 0 Å². The van der Waals surface area contributed by atoms with Crippen LogP contribution in [0.5, 0.6) is 0 Å². The molecule has 0 aliphatic carbocycles. The van der Waals surface area contributed by atoms with Gasteiger partial charge in [-0.1, -0.05) is 42.5 Å². The molecule has 0 aliphatic heterocycles. The molecule has 3 rings (SSSR count). The largest absolute Gasteiger partial charge is 0.416 e. The normalized spacial score (nSPS) is 13.7. The van der Waals surface area contributed by atoms with Crippen LogP contribution in [-0.4, -0.2) is 8.42 Å². The highest BCUT2D eigenvalue weighted by atomic mass is 32.2. The zero-order chi connectivity index (χ0) is 18.9. The Hall–Kier alpha value is -2.38. The van der Waals surface area contributed by atoms with Crippen molar-refractivity contribution in [1.29, 1.82) is 0 Å². The highest BCUT2D eigenvalue weighted by Gasteiger charge is 2.31. The van der Waals surface area contributed by atoms with Crippen molar-refractivity contribution in [3.8, 4) is 0 Å². The summed E-state index contributed by atoms with van der Waals surface area (Å²) >= 11 is 0. The number of alkyl halides is 3. The van der Waals surface area contributed by atoms with Gasteiger partial charge in [0.05, 0.1) is 10.5 Å². The Balaban J connectivity index is 1.88. The molecule has 136 valence electrons. The Morgan fingerprint density at radius 3 is 2.27 bits per heavy atom. The molecule has 3 nitrogen and oxygen atoms in total. The molecular formula is C19H16F3NO2S. The van der Waals surface area contributed by atoms with E-state index in [1.807, 2.05) is 36.4 Å². The average molecular weight is 379 g/mol. The van der Waals surface area contributed by atoms with E-state index < -0.39 is 32.7 Å². The number of halogens is 3. The van der Waals surface area contributed by atoms with Gasteiger partial charge in [-0.2, -0.15) is 13.2 Å². The molecule has 0 aromatic heterocycles. The van der Waals surface area contributed by atoms with Crippen LogP contribution < -0.4 is 4.72 Å². The summed E-state index contributed by atoms with van der Waals surface area (Å²) in [5.74, 6) is 0. The summed E-state index contributed by atoms with van der Waals surface area (Å²) < 4.78 is 65.8. The summed E-state index contributed by atoms with van der Waals surface area (Å²) in [6.45, 7) is 1.65. The molecule has 0 saturated carbocycles. The van der Waals surface area contributed by atoms with Gasteiger partial charge in [-0.15, -0.1) is 0 Å². The average Bonchev–Trinajstić information content (AvgIpc) is 2.60. The minimum absolute atomic E-state index is 0.417. The first-order chi connectivity index (χ1) is 12.2. The van der Waals surface area contributed by atoms with Gasteiger partial charge >= 0.3 is 6.18 Å². The highest BCUT2D eigenvalue weighted by molar-refractivity contribution is 7.89. The lowest BCUT2D eigenvalue weighted by atomic mass is 10.0. The van der Waals surface area contributed by atoms with Crippen LogP contribution in [-0.2, 0) is 16.2 Å². The molecule has 0 bridgehead atoms. The fourth-order valence-electron chi connectivity index (χ4n) is 2.69. The smallest absolute Gasteiger partial charge is 0.207 e. The first-order valence-electron chi connectivity index (χ1n) is 7.85. The maximum absolute atomic E-state index is 12.8. The van der Waals surface area contributed by atoms with Crippen LogP contribution in [0.3, 0.4) is 0 Å². The minimum atomic E-state index is -4.60. The van der Waals surface area contributed by atoms with E-state index in [9.17, 15) is 21.6 Å². The molecule has 0 radical (unpaired) electrons. The Kier molecular flexibility index (Phi) is 4.77. The van der Waals surface area contributed by atoms with Crippen molar-refractivity contribution in [3.05, 3.63) is 77.9 Å². The van der Waals surface area contributed by atoms with Crippen LogP contribution in [0.1, 0.15) is 24.1 Å². The van der Waals surface area contributed by atoms with Crippen LogP contribution in [0.15, 0.2) is 71.6 Å². The molecule has 26 heavy (non-hydrogen) atoms. The standard InChI is InChI=1S/C19H16F3NO2S/c1-13(15-10-9-14-5-2-3-6-16(14)11-15)23-26(24,25)18-8-4-7-17(12-18)19(20,21)22/h2-13,23H,1H3/t13-/m0/s1. The lowest BCUT2D eigenvalue weighted by Gasteiger charge is -2.16. The quantitative estimate of drug-likeness (QED) is 0.701. The lowest BCUT2D eigenvalue weighted by molar-refractivity contribution is -0.137. The Morgan fingerprint density at radius 2 is 1.58 bits per heavy atom. The van der Waals surface area contributed by atoms with Crippen molar-refractivity contribution in [2.24, 2.45) is 0 Å². The summed E-state index contributed by atoms with van der Waals surface area (Å²) in [4.78, 5) is -0.417. The summed E-state index contributed by atoms with van der Waals surface area (Å²) in [5, 5.41) is 1.97. The van der Waals surface area contributed by atoms with Gasteiger partial charge in [-0.3, -0.25) is 0 Å². The van der Waals surface area contributed by atoms with Crippen molar-refractivity contribution in [2.75, 3.05) is 0 Å². The van der Waals surface area contributed by atoms with E-state index >= 15 is 0 Å². The molecule has 0 heterocycles. The number of rotatable bonds is 4. The van der Waals surface area contributed by atoms with E-state index in [0.29, 0.717) is 6.07 Å². The predicted molar refractivity (Wildman–Crippen MR) is 94.1 cm³/mol. The summed E-state index contributed by atoms with van der Waals surface area (Å²) in [6.07, 6.45) is -4.60. The second kappa shape index (κ2) is 6.74. The maximum atomic E-state index is 12.8. The summed E-state index contributed by atoms with van der Waals surface area (Å²) in [5.41, 5.74) is -0.280. The molecule has 1 atom stereocenters. The summed E-state index contributed by atoms with van der Waals surface area (Å²) in [6, 6.07) is 16.3. The van der Waals surface area contributed by atoms with E-state index in [1.165, 1.54) is 0 Å². The van der Waals surface area contributed by atoms with Gasteiger partial charge in [0.2, 0.25) is 10.0 Å². The van der Waals surface area contributed by atoms with E-state index in [0.717, 1.165) is 34.5 Å². The third-order valence-corrected chi connectivity index (χ3v) is 5.62. The van der Waals surface area contributed by atoms with Crippen LogP contribution in [0, 0.1) is 0 Å². The van der Waals surface area contributed by atoms with E-state index in [2.05, 4.69) is 4.72 Å². The number of sulfonamides is 1. The second-order valence-electron chi connectivity index (χ2n) is 5.98. The molecular weight excluding hydrogens is 363 g/mol. The Bertz CT molecular complexity index is 1050. The van der Waals surface area contributed by atoms with Crippen molar-refractivity contribution >= 4 is 20.8 Å². The lowest BCUT2D eigenvalue weighted by Crippen LogP contribution is -2.27. The molecule has 0 fully saturated rings. The monoisotopic (exact) mass is 379 g/mol. The molecule has 0 aliphatic rings. The number of hydrogen-bond donors (Lipinski definition) is 1. The van der Waals surface area contributed by atoms with Crippen LogP contribution in [0.25, 0.3) is 10.8 Å². The van der Waals surface area contributed by atoms with Gasteiger partial charge in [0.25, 0.3) is 0 Å².